The molecule has 1 aliphatic rings. The molecule has 1 aliphatic heterocycles. The van der Waals surface area contributed by atoms with E-state index in [9.17, 15) is 16.8 Å². The number of rotatable bonds is 3. The minimum Gasteiger partial charge on any atom is -0.368 e. The Hall–Kier alpha value is -1.08. The Morgan fingerprint density at radius 3 is 2.24 bits per heavy atom. The molecule has 0 saturated carbocycles. The smallest absolute Gasteiger partial charge is 0.177 e. The number of nitrogens with zero attached hydrogens (tertiary/aromatic N) is 1. The second-order valence-corrected chi connectivity index (χ2v) is 9.71. The molecule has 1 saturated heterocycles. The summed E-state index contributed by atoms with van der Waals surface area (Å²) in [5.41, 5.74) is 0.608. The Morgan fingerprint density at radius 1 is 1.05 bits per heavy atom. The van der Waals surface area contributed by atoms with Crippen LogP contribution >= 0.6 is 0 Å². The Labute approximate surface area is 126 Å². The largest absolute Gasteiger partial charge is 0.368 e. The van der Waals surface area contributed by atoms with Crippen molar-refractivity contribution in [3.8, 4) is 0 Å². The van der Waals surface area contributed by atoms with Crippen LogP contribution in [-0.4, -0.2) is 41.9 Å². The van der Waals surface area contributed by atoms with Crippen LogP contribution in [0.15, 0.2) is 28.0 Å². The second-order valence-electron chi connectivity index (χ2n) is 5.71. The predicted molar refractivity (Wildman–Crippen MR) is 83.3 cm³/mol. The summed E-state index contributed by atoms with van der Waals surface area (Å²) in [6, 6.07) is 4.64. The molecular weight excluding hydrogens is 310 g/mol. The fourth-order valence-corrected chi connectivity index (χ4v) is 4.34. The van der Waals surface area contributed by atoms with Gasteiger partial charge in [-0.15, -0.1) is 0 Å². The molecule has 1 heterocycles. The number of benzene rings is 1. The van der Waals surface area contributed by atoms with Crippen LogP contribution in [-0.2, 0) is 19.7 Å². The van der Waals surface area contributed by atoms with Crippen molar-refractivity contribution in [1.82, 2.24) is 0 Å². The average molecular weight is 331 g/mol. The maximum atomic E-state index is 12.1. The Morgan fingerprint density at radius 2 is 1.71 bits per heavy atom. The lowest BCUT2D eigenvalue weighted by Gasteiger charge is -2.36. The fourth-order valence-electron chi connectivity index (χ4n) is 2.72. The van der Waals surface area contributed by atoms with Gasteiger partial charge in [0.25, 0.3) is 0 Å². The van der Waals surface area contributed by atoms with Crippen molar-refractivity contribution >= 4 is 25.4 Å². The first-order valence-corrected chi connectivity index (χ1v) is 10.7. The monoisotopic (exact) mass is 331 g/mol. The topological polar surface area (TPSA) is 71.5 Å². The maximum absolute atomic E-state index is 12.1. The second kappa shape index (κ2) is 5.61. The van der Waals surface area contributed by atoms with E-state index >= 15 is 0 Å². The minimum absolute atomic E-state index is 0.0383. The first kappa shape index (κ1) is 16.3. The highest BCUT2D eigenvalue weighted by atomic mass is 32.2. The fraction of sp³-hybridized carbons (Fsp3) is 0.571. The molecule has 118 valence electrons. The number of anilines is 1. The highest BCUT2D eigenvalue weighted by Crippen LogP contribution is 2.32. The average Bonchev–Trinajstić information content (AvgIpc) is 2.36. The first-order valence-electron chi connectivity index (χ1n) is 6.91. The van der Waals surface area contributed by atoms with E-state index < -0.39 is 19.7 Å². The molecule has 0 radical (unpaired) electrons. The Balaban J connectivity index is 2.61. The van der Waals surface area contributed by atoms with E-state index in [1.165, 1.54) is 12.1 Å². The van der Waals surface area contributed by atoms with Gasteiger partial charge in [-0.05, 0) is 44.4 Å². The van der Waals surface area contributed by atoms with Crippen LogP contribution in [0, 0.1) is 0 Å². The summed E-state index contributed by atoms with van der Waals surface area (Å²) >= 11 is 0. The van der Waals surface area contributed by atoms with Crippen LogP contribution in [0.5, 0.6) is 0 Å². The molecule has 0 N–H and O–H groups in total. The molecule has 1 atom stereocenters. The van der Waals surface area contributed by atoms with Gasteiger partial charge in [0, 0.05) is 25.1 Å². The zero-order valence-electron chi connectivity index (χ0n) is 12.5. The van der Waals surface area contributed by atoms with Gasteiger partial charge in [-0.25, -0.2) is 16.8 Å². The molecule has 21 heavy (non-hydrogen) atoms. The lowest BCUT2D eigenvalue weighted by atomic mass is 10.0. The zero-order chi connectivity index (χ0) is 15.8. The molecule has 7 heteroatoms. The molecule has 1 unspecified atom stereocenters. The van der Waals surface area contributed by atoms with Crippen LogP contribution in [0.2, 0.25) is 0 Å². The van der Waals surface area contributed by atoms with Crippen LogP contribution in [0.3, 0.4) is 0 Å². The SMILES string of the molecule is CC1CCCCN1c1ccc(S(C)(=O)=O)cc1S(C)(=O)=O. The van der Waals surface area contributed by atoms with E-state index in [1.54, 1.807) is 6.07 Å². The zero-order valence-corrected chi connectivity index (χ0v) is 14.2. The van der Waals surface area contributed by atoms with Gasteiger partial charge in [-0.1, -0.05) is 0 Å². The van der Waals surface area contributed by atoms with Gasteiger partial charge in [0.1, 0.15) is 0 Å². The van der Waals surface area contributed by atoms with E-state index in [0.717, 1.165) is 38.3 Å². The van der Waals surface area contributed by atoms with E-state index in [4.69, 9.17) is 0 Å². The van der Waals surface area contributed by atoms with Crippen molar-refractivity contribution in [3.63, 3.8) is 0 Å². The van der Waals surface area contributed by atoms with Crippen LogP contribution < -0.4 is 4.90 Å². The van der Waals surface area contributed by atoms with E-state index in [1.807, 2.05) is 0 Å². The minimum atomic E-state index is -3.50. The predicted octanol–water partition coefficient (Wildman–Crippen LogP) is 1.87. The number of hydrogen-bond donors (Lipinski definition) is 0. The van der Waals surface area contributed by atoms with Crippen molar-refractivity contribution in [2.45, 2.75) is 42.0 Å². The Bertz CT molecular complexity index is 738. The molecule has 1 aromatic carbocycles. The summed E-state index contributed by atoms with van der Waals surface area (Å²) < 4.78 is 47.4. The third kappa shape index (κ3) is 3.58. The maximum Gasteiger partial charge on any atom is 0.177 e. The van der Waals surface area contributed by atoms with Crippen molar-refractivity contribution < 1.29 is 16.8 Å². The third-order valence-electron chi connectivity index (χ3n) is 3.87. The van der Waals surface area contributed by atoms with Gasteiger partial charge in [0.2, 0.25) is 0 Å². The summed E-state index contributed by atoms with van der Waals surface area (Å²) in [5, 5.41) is 0. The molecule has 1 fully saturated rings. The molecule has 0 amide bonds. The molecule has 5 nitrogen and oxygen atoms in total. The van der Waals surface area contributed by atoms with Gasteiger partial charge in [0.05, 0.1) is 15.5 Å². The van der Waals surface area contributed by atoms with Gasteiger partial charge in [-0.3, -0.25) is 0 Å². The molecular formula is C14H21NO4S2. The van der Waals surface area contributed by atoms with Gasteiger partial charge < -0.3 is 4.90 Å². The third-order valence-corrected chi connectivity index (χ3v) is 6.11. The van der Waals surface area contributed by atoms with Crippen LogP contribution in [0.25, 0.3) is 0 Å². The van der Waals surface area contributed by atoms with Crippen molar-refractivity contribution in [2.24, 2.45) is 0 Å². The molecule has 1 aromatic rings. The highest BCUT2D eigenvalue weighted by molar-refractivity contribution is 7.91. The standard InChI is InChI=1S/C14H21NO4S2/c1-11-6-4-5-9-15(11)13-8-7-12(20(2,16)17)10-14(13)21(3,18)19/h7-8,10-11H,4-6,9H2,1-3H3. The van der Waals surface area contributed by atoms with Crippen molar-refractivity contribution in [2.75, 3.05) is 24.0 Å². The Kier molecular flexibility index (Phi) is 4.35. The van der Waals surface area contributed by atoms with Gasteiger partial charge in [0.15, 0.2) is 19.7 Å². The highest BCUT2D eigenvalue weighted by Gasteiger charge is 2.25. The quantitative estimate of drug-likeness (QED) is 0.845. The van der Waals surface area contributed by atoms with E-state index in [2.05, 4.69) is 11.8 Å². The summed E-state index contributed by atoms with van der Waals surface area (Å²) in [7, 11) is -6.92. The molecule has 2 rings (SSSR count). The number of piperidine rings is 1. The molecule has 0 aliphatic carbocycles. The summed E-state index contributed by atoms with van der Waals surface area (Å²) in [6.07, 6.45) is 5.36. The summed E-state index contributed by atoms with van der Waals surface area (Å²) in [5.74, 6) is 0. The number of sulfone groups is 2. The van der Waals surface area contributed by atoms with Crippen LogP contribution in [0.4, 0.5) is 5.69 Å². The number of hydrogen-bond acceptors (Lipinski definition) is 5. The summed E-state index contributed by atoms with van der Waals surface area (Å²) in [6.45, 7) is 2.86. The normalized spacial score (nSPS) is 20.5. The summed E-state index contributed by atoms with van der Waals surface area (Å²) in [4.78, 5) is 2.20. The molecule has 0 aromatic heterocycles. The van der Waals surface area contributed by atoms with Crippen LogP contribution in [0.1, 0.15) is 26.2 Å². The van der Waals surface area contributed by atoms with Gasteiger partial charge in [-0.2, -0.15) is 0 Å². The molecule has 0 spiro atoms. The van der Waals surface area contributed by atoms with E-state index in [-0.39, 0.29) is 15.8 Å². The van der Waals surface area contributed by atoms with E-state index in [0.29, 0.717) is 5.69 Å². The van der Waals surface area contributed by atoms with Gasteiger partial charge >= 0.3 is 0 Å². The molecule has 0 bridgehead atoms. The lowest BCUT2D eigenvalue weighted by molar-refractivity contribution is 0.482. The van der Waals surface area contributed by atoms with Crippen molar-refractivity contribution in [3.05, 3.63) is 18.2 Å². The lowest BCUT2D eigenvalue weighted by Crippen LogP contribution is -2.38. The first-order chi connectivity index (χ1) is 9.60. The van der Waals surface area contributed by atoms with Crippen molar-refractivity contribution in [1.29, 1.82) is 0 Å².